The largest absolute Gasteiger partial charge is 0.389 e. The molecule has 2 unspecified atom stereocenters. The van der Waals surface area contributed by atoms with Crippen molar-refractivity contribution in [1.82, 2.24) is 4.90 Å². The second-order valence-corrected chi connectivity index (χ2v) is 4.12. The van der Waals surface area contributed by atoms with Crippen molar-refractivity contribution in [1.29, 1.82) is 0 Å². The molecule has 0 aliphatic carbocycles. The molecule has 1 heterocycles. The van der Waals surface area contributed by atoms with E-state index in [0.29, 0.717) is 18.7 Å². The van der Waals surface area contributed by atoms with Gasteiger partial charge in [-0.1, -0.05) is 30.3 Å². The Hall–Kier alpha value is -1.23. The van der Waals surface area contributed by atoms with Gasteiger partial charge in [-0.3, -0.25) is 9.69 Å². The van der Waals surface area contributed by atoms with Crippen LogP contribution in [0.25, 0.3) is 0 Å². The number of carbonyl (C=O) groups excluding carboxylic acids is 1. The van der Waals surface area contributed by atoms with Gasteiger partial charge in [0.2, 0.25) is 0 Å². The molecule has 16 heavy (non-hydrogen) atoms. The molecular formula is C12H15NO3. The lowest BCUT2D eigenvalue weighted by Crippen LogP contribution is -2.28. The first kappa shape index (κ1) is 11.3. The summed E-state index contributed by atoms with van der Waals surface area (Å²) in [6, 6.07) is 9.04. The Bertz CT molecular complexity index is 356. The fraction of sp³-hybridized carbons (Fsp3) is 0.417. The van der Waals surface area contributed by atoms with Gasteiger partial charge in [0.1, 0.15) is 0 Å². The molecule has 2 atom stereocenters. The monoisotopic (exact) mass is 221 g/mol. The van der Waals surface area contributed by atoms with Crippen molar-refractivity contribution >= 4 is 5.78 Å². The highest BCUT2D eigenvalue weighted by Gasteiger charge is 2.30. The van der Waals surface area contributed by atoms with Gasteiger partial charge < -0.3 is 10.2 Å². The molecule has 1 aliphatic rings. The molecule has 1 aromatic rings. The quantitative estimate of drug-likeness (QED) is 0.700. The van der Waals surface area contributed by atoms with Crippen LogP contribution in [0.1, 0.15) is 10.4 Å². The molecule has 0 saturated carbocycles. The van der Waals surface area contributed by atoms with Gasteiger partial charge in [-0.15, -0.1) is 0 Å². The van der Waals surface area contributed by atoms with Gasteiger partial charge in [-0.2, -0.15) is 0 Å². The normalized spacial score (nSPS) is 25.9. The van der Waals surface area contributed by atoms with Crippen molar-refractivity contribution in [3.05, 3.63) is 35.9 Å². The Balaban J connectivity index is 1.94. The zero-order chi connectivity index (χ0) is 11.5. The number of likely N-dealkylation sites (tertiary alicyclic amines) is 1. The lowest BCUT2D eigenvalue weighted by atomic mass is 10.1. The van der Waals surface area contributed by atoms with Gasteiger partial charge >= 0.3 is 0 Å². The van der Waals surface area contributed by atoms with Crippen LogP contribution in [0.2, 0.25) is 0 Å². The number of ketones is 1. The third-order valence-corrected chi connectivity index (χ3v) is 2.80. The van der Waals surface area contributed by atoms with Gasteiger partial charge in [0.05, 0.1) is 18.8 Å². The number of hydrogen-bond acceptors (Lipinski definition) is 4. The van der Waals surface area contributed by atoms with E-state index in [9.17, 15) is 15.0 Å². The number of aliphatic hydroxyl groups is 2. The first-order valence-electron chi connectivity index (χ1n) is 5.33. The first-order valence-corrected chi connectivity index (χ1v) is 5.33. The number of hydrogen-bond donors (Lipinski definition) is 2. The predicted molar refractivity (Wildman–Crippen MR) is 59.2 cm³/mol. The summed E-state index contributed by atoms with van der Waals surface area (Å²) in [5.41, 5.74) is 0.665. The Morgan fingerprint density at radius 1 is 1.19 bits per heavy atom. The summed E-state index contributed by atoms with van der Waals surface area (Å²) in [4.78, 5) is 13.6. The van der Waals surface area contributed by atoms with Crippen LogP contribution in [0.3, 0.4) is 0 Å². The van der Waals surface area contributed by atoms with Crippen molar-refractivity contribution in [2.24, 2.45) is 0 Å². The maximum absolute atomic E-state index is 11.8. The number of Topliss-reactive ketones (excluding diaryl/α,β-unsaturated/α-hetero) is 1. The molecule has 86 valence electrons. The van der Waals surface area contributed by atoms with Crippen LogP contribution in [-0.2, 0) is 0 Å². The number of β-amino-alcohol motifs (C(OH)–C–C–N with tert-alkyl or cyclic N) is 2. The van der Waals surface area contributed by atoms with Gasteiger partial charge in [0.15, 0.2) is 5.78 Å². The van der Waals surface area contributed by atoms with Crippen molar-refractivity contribution in [2.75, 3.05) is 19.6 Å². The van der Waals surface area contributed by atoms with Gasteiger partial charge in [0.25, 0.3) is 0 Å². The van der Waals surface area contributed by atoms with Gasteiger partial charge in [0, 0.05) is 18.7 Å². The molecule has 4 heteroatoms. The SMILES string of the molecule is O=C(CN1CC(O)C(O)C1)c1ccccc1. The van der Waals surface area contributed by atoms with E-state index in [0.717, 1.165) is 0 Å². The Kier molecular flexibility index (Phi) is 3.33. The van der Waals surface area contributed by atoms with Crippen LogP contribution in [0, 0.1) is 0 Å². The van der Waals surface area contributed by atoms with Crippen LogP contribution in [0.4, 0.5) is 0 Å². The molecule has 0 aromatic heterocycles. The number of aliphatic hydroxyl groups excluding tert-OH is 2. The second kappa shape index (κ2) is 4.74. The van der Waals surface area contributed by atoms with Crippen LogP contribution < -0.4 is 0 Å². The summed E-state index contributed by atoms with van der Waals surface area (Å²) in [7, 11) is 0. The van der Waals surface area contributed by atoms with Crippen LogP contribution in [-0.4, -0.2) is 52.7 Å². The summed E-state index contributed by atoms with van der Waals surface area (Å²) in [5, 5.41) is 18.7. The maximum atomic E-state index is 11.8. The van der Waals surface area contributed by atoms with Crippen LogP contribution >= 0.6 is 0 Å². The van der Waals surface area contributed by atoms with Crippen molar-refractivity contribution < 1.29 is 15.0 Å². The van der Waals surface area contributed by atoms with Crippen LogP contribution in [0.5, 0.6) is 0 Å². The Morgan fingerprint density at radius 2 is 1.75 bits per heavy atom. The average molecular weight is 221 g/mol. The third-order valence-electron chi connectivity index (χ3n) is 2.80. The van der Waals surface area contributed by atoms with Gasteiger partial charge in [-0.05, 0) is 0 Å². The van der Waals surface area contributed by atoms with E-state index in [2.05, 4.69) is 0 Å². The topological polar surface area (TPSA) is 60.8 Å². The zero-order valence-corrected chi connectivity index (χ0v) is 8.91. The molecular weight excluding hydrogens is 206 g/mol. The van der Waals surface area contributed by atoms with E-state index in [1.807, 2.05) is 18.2 Å². The average Bonchev–Trinajstić information content (AvgIpc) is 2.59. The first-order chi connectivity index (χ1) is 7.66. The fourth-order valence-electron chi connectivity index (χ4n) is 1.89. The minimum absolute atomic E-state index is 0.0156. The summed E-state index contributed by atoms with van der Waals surface area (Å²) in [5.74, 6) is 0.0156. The van der Waals surface area contributed by atoms with Gasteiger partial charge in [-0.25, -0.2) is 0 Å². The second-order valence-electron chi connectivity index (χ2n) is 4.12. The van der Waals surface area contributed by atoms with E-state index in [1.54, 1.807) is 17.0 Å². The molecule has 2 N–H and O–H groups in total. The van der Waals surface area contributed by atoms with Crippen molar-refractivity contribution in [3.63, 3.8) is 0 Å². The Morgan fingerprint density at radius 3 is 2.31 bits per heavy atom. The molecule has 1 fully saturated rings. The number of rotatable bonds is 3. The van der Waals surface area contributed by atoms with Crippen molar-refractivity contribution in [3.8, 4) is 0 Å². The third kappa shape index (κ3) is 2.47. The van der Waals surface area contributed by atoms with E-state index in [1.165, 1.54) is 0 Å². The highest BCUT2D eigenvalue weighted by atomic mass is 16.3. The Labute approximate surface area is 94.1 Å². The highest BCUT2D eigenvalue weighted by Crippen LogP contribution is 2.11. The number of benzene rings is 1. The number of nitrogens with zero attached hydrogens (tertiary/aromatic N) is 1. The van der Waals surface area contributed by atoms with Crippen molar-refractivity contribution in [2.45, 2.75) is 12.2 Å². The van der Waals surface area contributed by atoms with E-state index in [4.69, 9.17) is 0 Å². The lowest BCUT2D eigenvalue weighted by molar-refractivity contribution is 0.0572. The predicted octanol–water partition coefficient (Wildman–Crippen LogP) is -0.0933. The molecule has 4 nitrogen and oxygen atoms in total. The molecule has 1 aromatic carbocycles. The molecule has 1 saturated heterocycles. The summed E-state index contributed by atoms with van der Waals surface area (Å²) < 4.78 is 0. The summed E-state index contributed by atoms with van der Waals surface area (Å²) in [6.45, 7) is 0.970. The lowest BCUT2D eigenvalue weighted by Gasteiger charge is -2.13. The standard InChI is InChI=1S/C12H15NO3/c14-10(9-4-2-1-3-5-9)6-13-7-11(15)12(16)8-13/h1-5,11-12,15-16H,6-8H2. The molecule has 0 radical (unpaired) electrons. The van der Waals surface area contributed by atoms with E-state index in [-0.39, 0.29) is 12.3 Å². The molecule has 0 amide bonds. The fourth-order valence-corrected chi connectivity index (χ4v) is 1.89. The van der Waals surface area contributed by atoms with Crippen LogP contribution in [0.15, 0.2) is 30.3 Å². The molecule has 0 bridgehead atoms. The zero-order valence-electron chi connectivity index (χ0n) is 8.91. The van der Waals surface area contributed by atoms with E-state index < -0.39 is 12.2 Å². The highest BCUT2D eigenvalue weighted by molar-refractivity contribution is 5.97. The molecule has 1 aliphatic heterocycles. The summed E-state index contributed by atoms with van der Waals surface area (Å²) >= 11 is 0. The summed E-state index contributed by atoms with van der Waals surface area (Å²) in [6.07, 6.45) is -1.47. The molecule has 0 spiro atoms. The smallest absolute Gasteiger partial charge is 0.176 e. The van der Waals surface area contributed by atoms with E-state index >= 15 is 0 Å². The minimum atomic E-state index is -0.733. The number of carbonyl (C=O) groups is 1. The minimum Gasteiger partial charge on any atom is -0.389 e. The molecule has 2 rings (SSSR count). The maximum Gasteiger partial charge on any atom is 0.176 e.